The fourth-order valence-corrected chi connectivity index (χ4v) is 2.70. The number of anilines is 1. The van der Waals surface area contributed by atoms with Gasteiger partial charge >= 0.3 is 0 Å². The number of carbonyl (C=O) groups excluding carboxylic acids is 1. The van der Waals surface area contributed by atoms with E-state index in [2.05, 4.69) is 10.6 Å². The molecule has 0 radical (unpaired) electrons. The van der Waals surface area contributed by atoms with Crippen molar-refractivity contribution in [2.45, 2.75) is 19.3 Å². The van der Waals surface area contributed by atoms with Gasteiger partial charge in [0.15, 0.2) is 0 Å². The van der Waals surface area contributed by atoms with E-state index in [0.717, 1.165) is 35.7 Å². The van der Waals surface area contributed by atoms with Crippen molar-refractivity contribution in [1.29, 1.82) is 0 Å². The summed E-state index contributed by atoms with van der Waals surface area (Å²) in [5.74, 6) is 1.74. The number of amides is 1. The van der Waals surface area contributed by atoms with Crippen LogP contribution in [0.2, 0.25) is 0 Å². The van der Waals surface area contributed by atoms with Crippen molar-refractivity contribution in [3.8, 4) is 11.3 Å². The Kier molecular flexibility index (Phi) is 6.48. The number of nitrogens with one attached hydrogen (secondary N) is 2. The maximum Gasteiger partial charge on any atom is 0.220 e. The smallest absolute Gasteiger partial charge is 0.220 e. The summed E-state index contributed by atoms with van der Waals surface area (Å²) < 4.78 is 5.82. The Morgan fingerprint density at radius 3 is 2.35 bits per heavy atom. The maximum absolute atomic E-state index is 12.0. The first-order valence-electron chi connectivity index (χ1n) is 9.01. The lowest BCUT2D eigenvalue weighted by atomic mass is 10.2. The lowest BCUT2D eigenvalue weighted by Gasteiger charge is -2.07. The van der Waals surface area contributed by atoms with Gasteiger partial charge in [0.1, 0.15) is 11.5 Å². The van der Waals surface area contributed by atoms with Crippen LogP contribution >= 0.6 is 0 Å². The van der Waals surface area contributed by atoms with E-state index in [-0.39, 0.29) is 5.91 Å². The standard InChI is InChI=1S/C22H24N2O2/c25-22(24-17-7-16-23-19-10-5-2-6-11-19)15-13-20-12-14-21(26-20)18-8-3-1-4-9-18/h1-6,8-12,14,23H,7,13,15-17H2,(H,24,25). The Morgan fingerprint density at radius 2 is 1.58 bits per heavy atom. The molecule has 3 aromatic rings. The first-order chi connectivity index (χ1) is 12.8. The van der Waals surface area contributed by atoms with Crippen LogP contribution in [-0.2, 0) is 11.2 Å². The fraction of sp³-hybridized carbons (Fsp3) is 0.227. The van der Waals surface area contributed by atoms with Crippen LogP contribution in [0.1, 0.15) is 18.6 Å². The maximum atomic E-state index is 12.0. The lowest BCUT2D eigenvalue weighted by Crippen LogP contribution is -2.25. The molecule has 0 atom stereocenters. The normalized spacial score (nSPS) is 10.5. The highest BCUT2D eigenvalue weighted by Gasteiger charge is 2.07. The van der Waals surface area contributed by atoms with Gasteiger partial charge in [0, 0.05) is 37.2 Å². The minimum absolute atomic E-state index is 0.0578. The van der Waals surface area contributed by atoms with Crippen molar-refractivity contribution >= 4 is 11.6 Å². The van der Waals surface area contributed by atoms with Crippen LogP contribution in [0.3, 0.4) is 0 Å². The fourth-order valence-electron chi connectivity index (χ4n) is 2.70. The van der Waals surface area contributed by atoms with Crippen molar-refractivity contribution < 1.29 is 9.21 Å². The Hall–Kier alpha value is -3.01. The van der Waals surface area contributed by atoms with Gasteiger partial charge in [-0.25, -0.2) is 0 Å². The summed E-state index contributed by atoms with van der Waals surface area (Å²) in [5.41, 5.74) is 2.15. The molecule has 134 valence electrons. The molecule has 4 heteroatoms. The number of carbonyl (C=O) groups is 1. The van der Waals surface area contributed by atoms with E-state index in [1.165, 1.54) is 0 Å². The van der Waals surface area contributed by atoms with Crippen LogP contribution in [0.15, 0.2) is 77.2 Å². The Bertz CT molecular complexity index is 797. The van der Waals surface area contributed by atoms with Crippen molar-refractivity contribution in [3.05, 3.63) is 78.6 Å². The van der Waals surface area contributed by atoms with Gasteiger partial charge in [-0.1, -0.05) is 48.5 Å². The number of benzene rings is 2. The molecular weight excluding hydrogens is 324 g/mol. The minimum atomic E-state index is 0.0578. The third-order valence-corrected chi connectivity index (χ3v) is 4.10. The minimum Gasteiger partial charge on any atom is -0.461 e. The van der Waals surface area contributed by atoms with E-state index in [1.54, 1.807) is 0 Å². The van der Waals surface area contributed by atoms with Crippen molar-refractivity contribution in [3.63, 3.8) is 0 Å². The highest BCUT2D eigenvalue weighted by molar-refractivity contribution is 5.76. The molecule has 0 saturated carbocycles. The highest BCUT2D eigenvalue weighted by atomic mass is 16.3. The number of rotatable bonds is 9. The number of para-hydroxylation sites is 1. The second-order valence-corrected chi connectivity index (χ2v) is 6.13. The van der Waals surface area contributed by atoms with E-state index >= 15 is 0 Å². The molecule has 0 spiro atoms. The van der Waals surface area contributed by atoms with Gasteiger partial charge in [0.05, 0.1) is 0 Å². The molecule has 0 unspecified atom stereocenters. The monoisotopic (exact) mass is 348 g/mol. The zero-order valence-corrected chi connectivity index (χ0v) is 14.8. The Morgan fingerprint density at radius 1 is 0.846 bits per heavy atom. The van der Waals surface area contributed by atoms with Gasteiger partial charge in [-0.3, -0.25) is 4.79 Å². The molecule has 0 fully saturated rings. The van der Waals surface area contributed by atoms with Crippen molar-refractivity contribution in [2.24, 2.45) is 0 Å². The van der Waals surface area contributed by atoms with Gasteiger partial charge < -0.3 is 15.1 Å². The summed E-state index contributed by atoms with van der Waals surface area (Å²) >= 11 is 0. The van der Waals surface area contributed by atoms with Crippen LogP contribution < -0.4 is 10.6 Å². The largest absolute Gasteiger partial charge is 0.461 e. The molecule has 4 nitrogen and oxygen atoms in total. The molecule has 1 aromatic heterocycles. The van der Waals surface area contributed by atoms with Crippen LogP contribution in [0.4, 0.5) is 5.69 Å². The predicted molar refractivity (Wildman–Crippen MR) is 105 cm³/mol. The second kappa shape index (κ2) is 9.47. The summed E-state index contributed by atoms with van der Waals surface area (Å²) in [6.45, 7) is 1.51. The third-order valence-electron chi connectivity index (χ3n) is 4.10. The van der Waals surface area contributed by atoms with Gasteiger partial charge in [-0.15, -0.1) is 0 Å². The lowest BCUT2D eigenvalue weighted by molar-refractivity contribution is -0.121. The molecule has 2 aromatic carbocycles. The van der Waals surface area contributed by atoms with Crippen LogP contribution in [0, 0.1) is 0 Å². The summed E-state index contributed by atoms with van der Waals surface area (Å²) in [6, 6.07) is 23.9. The Balaban J connectivity index is 1.32. The summed E-state index contributed by atoms with van der Waals surface area (Å²) in [4.78, 5) is 12.0. The predicted octanol–water partition coefficient (Wildman–Crippen LogP) is 4.50. The number of aryl methyl sites for hydroxylation is 1. The van der Waals surface area contributed by atoms with Crippen LogP contribution in [0.5, 0.6) is 0 Å². The quantitative estimate of drug-likeness (QED) is 0.560. The van der Waals surface area contributed by atoms with Crippen LogP contribution in [0.25, 0.3) is 11.3 Å². The first kappa shape index (κ1) is 17.8. The number of hydrogen-bond acceptors (Lipinski definition) is 3. The number of hydrogen-bond donors (Lipinski definition) is 2. The molecule has 0 saturated heterocycles. The van der Waals surface area contributed by atoms with Gasteiger partial charge in [0.25, 0.3) is 0 Å². The van der Waals surface area contributed by atoms with E-state index in [9.17, 15) is 4.79 Å². The van der Waals surface area contributed by atoms with E-state index in [1.807, 2.05) is 72.8 Å². The highest BCUT2D eigenvalue weighted by Crippen LogP contribution is 2.22. The molecule has 1 amide bonds. The molecule has 0 bridgehead atoms. The second-order valence-electron chi connectivity index (χ2n) is 6.13. The van der Waals surface area contributed by atoms with Gasteiger partial charge in [-0.2, -0.15) is 0 Å². The van der Waals surface area contributed by atoms with E-state index in [4.69, 9.17) is 4.42 Å². The SMILES string of the molecule is O=C(CCc1ccc(-c2ccccc2)o1)NCCCNc1ccccc1. The summed E-state index contributed by atoms with van der Waals surface area (Å²) in [5, 5.41) is 6.29. The van der Waals surface area contributed by atoms with Crippen molar-refractivity contribution in [2.75, 3.05) is 18.4 Å². The summed E-state index contributed by atoms with van der Waals surface area (Å²) in [7, 11) is 0. The van der Waals surface area contributed by atoms with E-state index in [0.29, 0.717) is 19.4 Å². The molecule has 3 rings (SSSR count). The zero-order chi connectivity index (χ0) is 18.0. The number of furan rings is 1. The van der Waals surface area contributed by atoms with Crippen LogP contribution in [-0.4, -0.2) is 19.0 Å². The van der Waals surface area contributed by atoms with Gasteiger partial charge in [-0.05, 0) is 30.7 Å². The van der Waals surface area contributed by atoms with Crippen molar-refractivity contribution in [1.82, 2.24) is 5.32 Å². The summed E-state index contributed by atoms with van der Waals surface area (Å²) in [6.07, 6.45) is 1.94. The molecular formula is C22H24N2O2. The molecule has 0 aliphatic rings. The molecule has 26 heavy (non-hydrogen) atoms. The van der Waals surface area contributed by atoms with E-state index < -0.39 is 0 Å². The molecule has 0 aliphatic heterocycles. The third kappa shape index (κ3) is 5.52. The Labute approximate surface area is 154 Å². The first-order valence-corrected chi connectivity index (χ1v) is 9.01. The zero-order valence-electron chi connectivity index (χ0n) is 14.8. The average molecular weight is 348 g/mol. The average Bonchev–Trinajstić information content (AvgIpc) is 3.17. The topological polar surface area (TPSA) is 54.3 Å². The molecule has 1 heterocycles. The van der Waals surface area contributed by atoms with Gasteiger partial charge in [0.2, 0.25) is 5.91 Å². The molecule has 0 aliphatic carbocycles. The molecule has 2 N–H and O–H groups in total.